The molecule has 1 heterocycles. The summed E-state index contributed by atoms with van der Waals surface area (Å²) >= 11 is 0. The Hall–Kier alpha value is -2.47. The number of fused-ring (bicyclic) bond motifs is 1. The van der Waals surface area contributed by atoms with E-state index in [1.54, 1.807) is 6.92 Å². The van der Waals surface area contributed by atoms with Gasteiger partial charge in [0, 0.05) is 29.0 Å². The summed E-state index contributed by atoms with van der Waals surface area (Å²) in [6, 6.07) is 2.66. The summed E-state index contributed by atoms with van der Waals surface area (Å²) in [5.74, 6) is 0.0825. The van der Waals surface area contributed by atoms with Crippen LogP contribution < -0.4 is 10.5 Å². The van der Waals surface area contributed by atoms with E-state index < -0.39 is 18.0 Å². The van der Waals surface area contributed by atoms with Crippen LogP contribution >= 0.6 is 0 Å². The highest BCUT2D eigenvalue weighted by atomic mass is 19.1. The number of rotatable bonds is 5. The van der Waals surface area contributed by atoms with Crippen LogP contribution in [0.5, 0.6) is 5.75 Å². The Balaban J connectivity index is 2.19. The molecule has 1 aliphatic rings. The number of amides is 1. The number of azide groups is 1. The van der Waals surface area contributed by atoms with Gasteiger partial charge in [-0.1, -0.05) is 5.11 Å². The normalized spacial score (nSPS) is 17.3. The van der Waals surface area contributed by atoms with Crippen molar-refractivity contribution in [2.75, 3.05) is 6.54 Å². The van der Waals surface area contributed by atoms with E-state index in [1.807, 2.05) is 0 Å². The molecule has 1 aromatic rings. The summed E-state index contributed by atoms with van der Waals surface area (Å²) in [5, 5.41) is 3.45. The zero-order chi connectivity index (χ0) is 15.4. The standard InChI is InChI=1S/C13H15FN4O3/c1-7(20-13(15)19)11-6-9(14)4-8-5-10(21-12(8)11)2-3-17-18-16/h4,6-7,10H,2-3,5H2,1H3,(H2,15,19). The maximum atomic E-state index is 13.7. The number of benzene rings is 1. The highest BCUT2D eigenvalue weighted by Gasteiger charge is 2.28. The summed E-state index contributed by atoms with van der Waals surface area (Å²) in [7, 11) is 0. The van der Waals surface area contributed by atoms with Crippen LogP contribution in [-0.2, 0) is 11.2 Å². The van der Waals surface area contributed by atoms with Crippen LogP contribution in [0.25, 0.3) is 10.4 Å². The van der Waals surface area contributed by atoms with Gasteiger partial charge in [0.15, 0.2) is 0 Å². The highest BCUT2D eigenvalue weighted by molar-refractivity contribution is 5.65. The van der Waals surface area contributed by atoms with E-state index in [2.05, 4.69) is 10.0 Å². The molecule has 0 aliphatic carbocycles. The lowest BCUT2D eigenvalue weighted by atomic mass is 10.0. The Labute approximate surface area is 120 Å². The predicted molar refractivity (Wildman–Crippen MR) is 72.2 cm³/mol. The fraction of sp³-hybridized carbons (Fsp3) is 0.462. The summed E-state index contributed by atoms with van der Waals surface area (Å²) in [5.41, 5.74) is 14.4. The average molecular weight is 294 g/mol. The topological polar surface area (TPSA) is 110 Å². The Morgan fingerprint density at radius 2 is 2.48 bits per heavy atom. The van der Waals surface area contributed by atoms with Gasteiger partial charge in [-0.15, -0.1) is 0 Å². The molecule has 2 unspecified atom stereocenters. The van der Waals surface area contributed by atoms with Crippen molar-refractivity contribution >= 4 is 6.09 Å². The molecule has 0 aromatic heterocycles. The molecular weight excluding hydrogens is 279 g/mol. The van der Waals surface area contributed by atoms with E-state index >= 15 is 0 Å². The van der Waals surface area contributed by atoms with Gasteiger partial charge in [0.05, 0.1) is 0 Å². The van der Waals surface area contributed by atoms with Crippen molar-refractivity contribution < 1.29 is 18.7 Å². The van der Waals surface area contributed by atoms with Crippen LogP contribution in [0.4, 0.5) is 9.18 Å². The average Bonchev–Trinajstić information content (AvgIpc) is 2.79. The quantitative estimate of drug-likeness (QED) is 0.512. The largest absolute Gasteiger partial charge is 0.489 e. The van der Waals surface area contributed by atoms with Gasteiger partial charge in [-0.2, -0.15) is 0 Å². The van der Waals surface area contributed by atoms with Gasteiger partial charge in [0.1, 0.15) is 23.8 Å². The maximum Gasteiger partial charge on any atom is 0.405 e. The number of nitrogens with zero attached hydrogens (tertiary/aromatic N) is 3. The van der Waals surface area contributed by atoms with Gasteiger partial charge in [-0.3, -0.25) is 0 Å². The van der Waals surface area contributed by atoms with E-state index in [0.717, 1.165) is 0 Å². The third-order valence-electron chi connectivity index (χ3n) is 3.24. The zero-order valence-corrected chi connectivity index (χ0v) is 11.5. The van der Waals surface area contributed by atoms with Crippen molar-refractivity contribution in [2.24, 2.45) is 10.8 Å². The van der Waals surface area contributed by atoms with Gasteiger partial charge in [0.25, 0.3) is 0 Å². The lowest BCUT2D eigenvalue weighted by molar-refractivity contribution is 0.113. The van der Waals surface area contributed by atoms with Crippen molar-refractivity contribution in [1.29, 1.82) is 0 Å². The van der Waals surface area contributed by atoms with Crippen molar-refractivity contribution in [3.63, 3.8) is 0 Å². The van der Waals surface area contributed by atoms with E-state index in [1.165, 1.54) is 12.1 Å². The number of carbonyl (C=O) groups excluding carboxylic acids is 1. The third kappa shape index (κ3) is 3.55. The van der Waals surface area contributed by atoms with Crippen LogP contribution in [0.3, 0.4) is 0 Å². The minimum Gasteiger partial charge on any atom is -0.489 e. The van der Waals surface area contributed by atoms with E-state index in [9.17, 15) is 9.18 Å². The van der Waals surface area contributed by atoms with Gasteiger partial charge in [-0.25, -0.2) is 9.18 Å². The minimum absolute atomic E-state index is 0.188. The highest BCUT2D eigenvalue weighted by Crippen LogP contribution is 2.38. The molecule has 0 saturated carbocycles. The van der Waals surface area contributed by atoms with Gasteiger partial charge in [-0.05, 0) is 31.0 Å². The van der Waals surface area contributed by atoms with Crippen LogP contribution in [0.15, 0.2) is 17.2 Å². The van der Waals surface area contributed by atoms with Crippen molar-refractivity contribution in [2.45, 2.75) is 32.0 Å². The molecule has 112 valence electrons. The Morgan fingerprint density at radius 1 is 1.71 bits per heavy atom. The molecule has 0 spiro atoms. The third-order valence-corrected chi connectivity index (χ3v) is 3.24. The Morgan fingerprint density at radius 3 is 3.14 bits per heavy atom. The number of ether oxygens (including phenoxy) is 2. The molecule has 1 amide bonds. The number of carbonyl (C=O) groups is 1. The van der Waals surface area contributed by atoms with Gasteiger partial charge in [0.2, 0.25) is 0 Å². The summed E-state index contributed by atoms with van der Waals surface area (Å²) < 4.78 is 24.3. The van der Waals surface area contributed by atoms with Crippen molar-refractivity contribution in [3.05, 3.63) is 39.5 Å². The summed E-state index contributed by atoms with van der Waals surface area (Å²) in [6.45, 7) is 1.90. The fourth-order valence-electron chi connectivity index (χ4n) is 2.37. The number of hydrogen-bond donors (Lipinski definition) is 1. The second-order valence-corrected chi connectivity index (χ2v) is 4.75. The SMILES string of the molecule is CC(OC(N)=O)c1cc(F)cc2c1OC(CCN=[N+]=[N-])C2. The van der Waals surface area contributed by atoms with Crippen LogP contribution in [0, 0.1) is 5.82 Å². The smallest absolute Gasteiger partial charge is 0.405 e. The molecule has 1 aliphatic heterocycles. The first-order chi connectivity index (χ1) is 10.0. The Kier molecular flexibility index (Phi) is 4.49. The molecule has 0 bridgehead atoms. The van der Waals surface area contributed by atoms with Gasteiger partial charge < -0.3 is 15.2 Å². The lowest BCUT2D eigenvalue weighted by Gasteiger charge is -2.16. The summed E-state index contributed by atoms with van der Waals surface area (Å²) in [4.78, 5) is 13.5. The molecule has 2 N–H and O–H groups in total. The van der Waals surface area contributed by atoms with Crippen LogP contribution in [0.2, 0.25) is 0 Å². The second kappa shape index (κ2) is 6.32. The predicted octanol–water partition coefficient (Wildman–Crippen LogP) is 2.99. The zero-order valence-electron chi connectivity index (χ0n) is 11.5. The molecule has 0 saturated heterocycles. The van der Waals surface area contributed by atoms with Crippen molar-refractivity contribution in [1.82, 2.24) is 0 Å². The molecular formula is C13H15FN4O3. The lowest BCUT2D eigenvalue weighted by Crippen LogP contribution is -2.17. The molecule has 8 heteroatoms. The summed E-state index contributed by atoms with van der Waals surface area (Å²) in [6.07, 6.45) is -0.775. The first kappa shape index (κ1) is 14.9. The Bertz CT molecular complexity index is 601. The number of primary amides is 1. The number of halogens is 1. The molecule has 1 aromatic carbocycles. The second-order valence-electron chi connectivity index (χ2n) is 4.75. The molecule has 0 fully saturated rings. The number of nitrogens with two attached hydrogens (primary N) is 1. The molecule has 2 atom stereocenters. The van der Waals surface area contributed by atoms with Crippen LogP contribution in [0.1, 0.15) is 30.6 Å². The maximum absolute atomic E-state index is 13.7. The van der Waals surface area contributed by atoms with E-state index in [4.69, 9.17) is 20.7 Å². The molecule has 0 radical (unpaired) electrons. The number of hydrogen-bond acceptors (Lipinski definition) is 4. The van der Waals surface area contributed by atoms with E-state index in [-0.39, 0.29) is 6.10 Å². The van der Waals surface area contributed by atoms with Gasteiger partial charge >= 0.3 is 6.09 Å². The van der Waals surface area contributed by atoms with E-state index in [0.29, 0.717) is 36.3 Å². The first-order valence-electron chi connectivity index (χ1n) is 6.47. The minimum atomic E-state index is -0.932. The monoisotopic (exact) mass is 294 g/mol. The molecule has 21 heavy (non-hydrogen) atoms. The molecule has 7 nitrogen and oxygen atoms in total. The van der Waals surface area contributed by atoms with Crippen LogP contribution in [-0.4, -0.2) is 18.7 Å². The first-order valence-corrected chi connectivity index (χ1v) is 6.47. The fourth-order valence-corrected chi connectivity index (χ4v) is 2.37. The van der Waals surface area contributed by atoms with Crippen molar-refractivity contribution in [3.8, 4) is 5.75 Å². The molecule has 2 rings (SSSR count).